The number of nitrogens with one attached hydrogen (secondary N) is 2. The number of benzene rings is 2. The summed E-state index contributed by atoms with van der Waals surface area (Å²) in [6.07, 6.45) is 1.57. The molecular weight excluding hydrogens is 371 g/mol. The number of carbonyl (C=O) groups excluding carboxylic acids is 1. The van der Waals surface area contributed by atoms with Crippen LogP contribution >= 0.6 is 0 Å². The summed E-state index contributed by atoms with van der Waals surface area (Å²) < 4.78 is 18.8. The van der Waals surface area contributed by atoms with Gasteiger partial charge in [0, 0.05) is 30.7 Å². The number of amides is 1. The van der Waals surface area contributed by atoms with Gasteiger partial charge in [-0.1, -0.05) is 18.2 Å². The van der Waals surface area contributed by atoms with Crippen LogP contribution in [0.2, 0.25) is 0 Å². The van der Waals surface area contributed by atoms with E-state index in [4.69, 9.17) is 4.74 Å². The smallest absolute Gasteiger partial charge is 0.274 e. The van der Waals surface area contributed by atoms with E-state index in [9.17, 15) is 9.18 Å². The summed E-state index contributed by atoms with van der Waals surface area (Å²) in [5.41, 5.74) is 3.39. The van der Waals surface area contributed by atoms with E-state index >= 15 is 0 Å². The normalized spacial score (nSPS) is 13.8. The molecule has 29 heavy (non-hydrogen) atoms. The molecule has 7 heteroatoms. The van der Waals surface area contributed by atoms with Crippen molar-refractivity contribution in [1.29, 1.82) is 0 Å². The molecule has 0 bridgehead atoms. The molecule has 0 spiro atoms. The number of hydrogen-bond donors (Lipinski definition) is 2. The van der Waals surface area contributed by atoms with Crippen molar-refractivity contribution in [3.8, 4) is 0 Å². The Morgan fingerprint density at radius 2 is 1.83 bits per heavy atom. The predicted molar refractivity (Wildman–Crippen MR) is 111 cm³/mol. The first-order chi connectivity index (χ1) is 14.2. The molecule has 1 aliphatic heterocycles. The topological polar surface area (TPSA) is 66.5 Å². The summed E-state index contributed by atoms with van der Waals surface area (Å²) in [4.78, 5) is 18.9. The number of nitrogens with zero attached hydrogens (tertiary/aromatic N) is 2. The fourth-order valence-corrected chi connectivity index (χ4v) is 3.21. The van der Waals surface area contributed by atoms with Crippen molar-refractivity contribution in [2.75, 3.05) is 41.8 Å². The number of carbonyl (C=O) groups is 1. The molecule has 148 valence electrons. The van der Waals surface area contributed by atoms with Gasteiger partial charge in [-0.2, -0.15) is 0 Å². The fourth-order valence-electron chi connectivity index (χ4n) is 3.21. The van der Waals surface area contributed by atoms with Gasteiger partial charge in [0.2, 0.25) is 0 Å². The molecule has 1 saturated heterocycles. The monoisotopic (exact) mass is 392 g/mol. The zero-order valence-corrected chi connectivity index (χ0v) is 15.8. The highest BCUT2D eigenvalue weighted by Crippen LogP contribution is 2.29. The average molecular weight is 392 g/mol. The van der Waals surface area contributed by atoms with Crippen LogP contribution in [0.25, 0.3) is 0 Å². The average Bonchev–Trinajstić information content (AvgIpc) is 2.75. The standard InChI is InChI=1S/C22H21FN4O2/c23-16-4-3-5-17(14-16)26-22(28)20-15-18(8-9-24-20)25-19-6-1-2-7-21(19)27-10-12-29-13-11-27/h1-9,14-15H,10-13H2,(H,24,25)(H,26,28). The second-order valence-electron chi connectivity index (χ2n) is 6.64. The van der Waals surface area contributed by atoms with Gasteiger partial charge in [-0.05, 0) is 42.5 Å². The van der Waals surface area contributed by atoms with Gasteiger partial charge in [0.25, 0.3) is 5.91 Å². The molecule has 1 amide bonds. The molecule has 4 rings (SSSR count). The summed E-state index contributed by atoms with van der Waals surface area (Å²) >= 11 is 0. The van der Waals surface area contributed by atoms with Crippen molar-refractivity contribution in [2.24, 2.45) is 0 Å². The third-order valence-corrected chi connectivity index (χ3v) is 4.61. The van der Waals surface area contributed by atoms with E-state index in [0.717, 1.165) is 30.2 Å². The molecule has 2 heterocycles. The molecule has 2 N–H and O–H groups in total. The third kappa shape index (κ3) is 4.70. The van der Waals surface area contributed by atoms with Gasteiger partial charge in [0.1, 0.15) is 11.5 Å². The van der Waals surface area contributed by atoms with Crippen molar-refractivity contribution in [3.63, 3.8) is 0 Å². The number of anilines is 4. The van der Waals surface area contributed by atoms with E-state index < -0.39 is 11.7 Å². The second-order valence-corrected chi connectivity index (χ2v) is 6.64. The first kappa shape index (κ1) is 18.9. The first-order valence-electron chi connectivity index (χ1n) is 9.41. The lowest BCUT2D eigenvalue weighted by molar-refractivity contribution is 0.102. The molecular formula is C22H21FN4O2. The van der Waals surface area contributed by atoms with E-state index in [1.165, 1.54) is 12.1 Å². The Balaban J connectivity index is 1.52. The van der Waals surface area contributed by atoms with Crippen LogP contribution in [0.15, 0.2) is 66.9 Å². The van der Waals surface area contributed by atoms with E-state index in [2.05, 4.69) is 26.6 Å². The summed E-state index contributed by atoms with van der Waals surface area (Å²) in [6, 6.07) is 17.2. The number of morpholine rings is 1. The molecule has 3 aromatic rings. The lowest BCUT2D eigenvalue weighted by Gasteiger charge is -2.30. The van der Waals surface area contributed by atoms with Crippen LogP contribution in [0.4, 0.5) is 27.1 Å². The maximum atomic E-state index is 13.3. The van der Waals surface area contributed by atoms with E-state index in [0.29, 0.717) is 18.9 Å². The SMILES string of the molecule is O=C(Nc1cccc(F)c1)c1cc(Nc2ccccc2N2CCOCC2)ccn1. The molecule has 0 radical (unpaired) electrons. The van der Waals surface area contributed by atoms with E-state index in [-0.39, 0.29) is 5.69 Å². The molecule has 6 nitrogen and oxygen atoms in total. The maximum absolute atomic E-state index is 13.3. The zero-order valence-electron chi connectivity index (χ0n) is 15.8. The Morgan fingerprint density at radius 3 is 2.66 bits per heavy atom. The van der Waals surface area contributed by atoms with Crippen LogP contribution in [0.3, 0.4) is 0 Å². The molecule has 0 saturated carbocycles. The number of aromatic nitrogens is 1. The van der Waals surface area contributed by atoms with Crippen LogP contribution in [0.1, 0.15) is 10.5 Å². The van der Waals surface area contributed by atoms with Crippen molar-refractivity contribution in [3.05, 3.63) is 78.4 Å². The lowest BCUT2D eigenvalue weighted by Crippen LogP contribution is -2.36. The number of para-hydroxylation sites is 2. The maximum Gasteiger partial charge on any atom is 0.274 e. The van der Waals surface area contributed by atoms with E-state index in [1.807, 2.05) is 18.2 Å². The number of ether oxygens (including phenoxy) is 1. The molecule has 0 atom stereocenters. The first-order valence-corrected chi connectivity index (χ1v) is 9.41. The van der Waals surface area contributed by atoms with Gasteiger partial charge >= 0.3 is 0 Å². The van der Waals surface area contributed by atoms with Crippen LogP contribution < -0.4 is 15.5 Å². The number of hydrogen-bond acceptors (Lipinski definition) is 5. The van der Waals surface area contributed by atoms with Crippen LogP contribution in [0, 0.1) is 5.82 Å². The fraction of sp³-hybridized carbons (Fsp3) is 0.182. The Labute approximate surface area is 168 Å². The molecule has 0 unspecified atom stereocenters. The number of pyridine rings is 1. The highest BCUT2D eigenvalue weighted by Gasteiger charge is 2.15. The highest BCUT2D eigenvalue weighted by molar-refractivity contribution is 6.03. The Bertz CT molecular complexity index is 1010. The van der Waals surface area contributed by atoms with Crippen LogP contribution in [-0.4, -0.2) is 37.2 Å². The van der Waals surface area contributed by atoms with Gasteiger partial charge in [-0.3, -0.25) is 9.78 Å². The Morgan fingerprint density at radius 1 is 1.00 bits per heavy atom. The van der Waals surface area contributed by atoms with Crippen LogP contribution in [-0.2, 0) is 4.74 Å². The summed E-state index contributed by atoms with van der Waals surface area (Å²) in [6.45, 7) is 3.06. The summed E-state index contributed by atoms with van der Waals surface area (Å²) in [5, 5.41) is 6.04. The van der Waals surface area contributed by atoms with Gasteiger partial charge in [0.05, 0.1) is 24.6 Å². The lowest BCUT2D eigenvalue weighted by atomic mass is 10.2. The third-order valence-electron chi connectivity index (χ3n) is 4.61. The Hall–Kier alpha value is -3.45. The largest absolute Gasteiger partial charge is 0.378 e. The number of halogens is 1. The van der Waals surface area contributed by atoms with Gasteiger partial charge < -0.3 is 20.3 Å². The second kappa shape index (κ2) is 8.70. The van der Waals surface area contributed by atoms with E-state index in [1.54, 1.807) is 30.5 Å². The minimum atomic E-state index is -0.411. The van der Waals surface area contributed by atoms with Crippen LogP contribution in [0.5, 0.6) is 0 Å². The summed E-state index contributed by atoms with van der Waals surface area (Å²) in [7, 11) is 0. The Kier molecular flexibility index (Phi) is 5.67. The summed E-state index contributed by atoms with van der Waals surface area (Å²) in [5.74, 6) is -0.813. The van der Waals surface area contributed by atoms with Crippen molar-refractivity contribution >= 4 is 28.7 Å². The molecule has 2 aromatic carbocycles. The van der Waals surface area contributed by atoms with Crippen molar-refractivity contribution < 1.29 is 13.9 Å². The van der Waals surface area contributed by atoms with Gasteiger partial charge in [-0.25, -0.2) is 4.39 Å². The highest BCUT2D eigenvalue weighted by atomic mass is 19.1. The molecule has 1 aliphatic rings. The minimum absolute atomic E-state index is 0.239. The molecule has 1 aromatic heterocycles. The molecule has 0 aliphatic carbocycles. The predicted octanol–water partition coefficient (Wildman–Crippen LogP) is 4.05. The van der Waals surface area contributed by atoms with Crippen molar-refractivity contribution in [2.45, 2.75) is 0 Å². The van der Waals surface area contributed by atoms with Gasteiger partial charge in [-0.15, -0.1) is 0 Å². The number of rotatable bonds is 5. The minimum Gasteiger partial charge on any atom is -0.378 e. The molecule has 1 fully saturated rings. The zero-order chi connectivity index (χ0) is 20.1. The van der Waals surface area contributed by atoms with Crippen molar-refractivity contribution in [1.82, 2.24) is 4.98 Å². The quantitative estimate of drug-likeness (QED) is 0.686. The van der Waals surface area contributed by atoms with Gasteiger partial charge in [0.15, 0.2) is 0 Å².